The maximum atomic E-state index is 12.1. The monoisotopic (exact) mass is 400 g/mol. The molecule has 6 nitrogen and oxygen atoms in total. The molecule has 1 atom stereocenters. The number of ether oxygens (including phenoxy) is 1. The van der Waals surface area contributed by atoms with Crippen molar-refractivity contribution in [3.63, 3.8) is 0 Å². The van der Waals surface area contributed by atoms with Crippen LogP contribution in [0.15, 0.2) is 47.6 Å². The fourth-order valence-corrected chi connectivity index (χ4v) is 3.95. The number of fused-ring (bicyclic) bond motifs is 1. The van der Waals surface area contributed by atoms with E-state index in [1.807, 2.05) is 6.92 Å². The van der Waals surface area contributed by atoms with Crippen LogP contribution in [0.2, 0.25) is 0 Å². The van der Waals surface area contributed by atoms with Gasteiger partial charge in [0, 0.05) is 12.1 Å². The molecule has 0 saturated carbocycles. The molecule has 0 unspecified atom stereocenters. The number of esters is 1. The van der Waals surface area contributed by atoms with Crippen LogP contribution in [0.5, 0.6) is 0 Å². The van der Waals surface area contributed by atoms with Gasteiger partial charge in [0.15, 0.2) is 12.8 Å². The van der Waals surface area contributed by atoms with Gasteiger partial charge in [0.25, 0.3) is 10.9 Å². The second kappa shape index (κ2) is 9.59. The van der Waals surface area contributed by atoms with Crippen molar-refractivity contribution >= 4 is 23.6 Å². The largest absolute Gasteiger partial charge is 0.618 e. The average molecular weight is 401 g/mol. The van der Waals surface area contributed by atoms with E-state index in [4.69, 9.17) is 4.74 Å². The highest BCUT2D eigenvalue weighted by molar-refractivity contribution is 7.99. The molecule has 1 aliphatic rings. The number of aromatic nitrogens is 1. The first-order valence-corrected chi connectivity index (χ1v) is 10.4. The smallest absolute Gasteiger partial charge is 0.317 e. The molecule has 1 amide bonds. The summed E-state index contributed by atoms with van der Waals surface area (Å²) in [4.78, 5) is 23.9. The van der Waals surface area contributed by atoms with Crippen LogP contribution < -0.4 is 10.0 Å². The number of aryl methyl sites for hydroxylation is 2. The number of amides is 1. The Morgan fingerprint density at radius 2 is 2.00 bits per heavy atom. The van der Waals surface area contributed by atoms with Gasteiger partial charge in [0.2, 0.25) is 0 Å². The zero-order chi connectivity index (χ0) is 19.9. The van der Waals surface area contributed by atoms with Crippen molar-refractivity contribution in [2.24, 2.45) is 0 Å². The summed E-state index contributed by atoms with van der Waals surface area (Å²) in [7, 11) is 0. The topological polar surface area (TPSA) is 82.3 Å². The minimum absolute atomic E-state index is 0.0279. The predicted molar refractivity (Wildman–Crippen MR) is 107 cm³/mol. The maximum absolute atomic E-state index is 12.1. The number of hydrogen-bond acceptors (Lipinski definition) is 5. The Morgan fingerprint density at radius 1 is 1.21 bits per heavy atom. The summed E-state index contributed by atoms with van der Waals surface area (Å²) in [5.74, 6) is -0.910. The minimum Gasteiger partial charge on any atom is -0.618 e. The first-order chi connectivity index (χ1) is 13.5. The van der Waals surface area contributed by atoms with Crippen LogP contribution in [0.4, 0.5) is 0 Å². The van der Waals surface area contributed by atoms with E-state index in [9.17, 15) is 14.8 Å². The van der Waals surface area contributed by atoms with Crippen LogP contribution in [0.3, 0.4) is 0 Å². The summed E-state index contributed by atoms with van der Waals surface area (Å²) in [5, 5.41) is 14.8. The summed E-state index contributed by atoms with van der Waals surface area (Å²) >= 11 is 1.07. The molecule has 148 valence electrons. The van der Waals surface area contributed by atoms with Crippen LogP contribution in [0.1, 0.15) is 42.5 Å². The van der Waals surface area contributed by atoms with Crippen molar-refractivity contribution in [3.8, 4) is 0 Å². The second-order valence-corrected chi connectivity index (χ2v) is 7.83. The zero-order valence-corrected chi connectivity index (χ0v) is 16.7. The number of thioether (sulfide) groups is 1. The number of nitrogens with one attached hydrogen (secondary N) is 1. The van der Waals surface area contributed by atoms with E-state index in [0.29, 0.717) is 9.76 Å². The Bertz CT molecular complexity index is 856. The summed E-state index contributed by atoms with van der Waals surface area (Å²) in [5.41, 5.74) is 3.82. The molecular weight excluding hydrogens is 376 g/mol. The number of benzene rings is 1. The summed E-state index contributed by atoms with van der Waals surface area (Å²) in [6, 6.07) is 11.2. The lowest BCUT2D eigenvalue weighted by Gasteiger charge is -2.20. The lowest BCUT2D eigenvalue weighted by Crippen LogP contribution is -2.32. The molecule has 1 aromatic carbocycles. The molecule has 28 heavy (non-hydrogen) atoms. The number of rotatable bonds is 7. The van der Waals surface area contributed by atoms with E-state index in [2.05, 4.69) is 23.5 Å². The fourth-order valence-electron chi connectivity index (χ4n) is 3.23. The van der Waals surface area contributed by atoms with E-state index in [1.54, 1.807) is 18.2 Å². The van der Waals surface area contributed by atoms with E-state index in [0.717, 1.165) is 30.2 Å². The van der Waals surface area contributed by atoms with Crippen LogP contribution in [-0.2, 0) is 27.2 Å². The van der Waals surface area contributed by atoms with Gasteiger partial charge in [-0.25, -0.2) is 0 Å². The van der Waals surface area contributed by atoms with Gasteiger partial charge in [0.1, 0.15) is 5.75 Å². The standard InChI is InChI=1S/C21H24N2O4S/c1-15(17-10-9-16-6-2-3-7-18(16)12-17)22-19(24)13-27-21(25)14-28-20-8-4-5-11-23(20)26/h4-5,8-12,15H,2-3,6-7,13-14H2,1H3,(H,22,24)/t15-/m1/s1. The summed E-state index contributed by atoms with van der Waals surface area (Å²) < 4.78 is 5.70. The van der Waals surface area contributed by atoms with Crippen molar-refractivity contribution in [2.45, 2.75) is 43.7 Å². The van der Waals surface area contributed by atoms with Gasteiger partial charge in [-0.3, -0.25) is 9.59 Å². The van der Waals surface area contributed by atoms with E-state index in [1.165, 1.54) is 30.2 Å². The molecule has 3 rings (SSSR count). The van der Waals surface area contributed by atoms with Crippen LogP contribution in [-0.4, -0.2) is 24.2 Å². The minimum atomic E-state index is -0.537. The van der Waals surface area contributed by atoms with Crippen LogP contribution >= 0.6 is 11.8 Å². The number of hydrogen-bond donors (Lipinski definition) is 1. The van der Waals surface area contributed by atoms with Crippen LogP contribution in [0, 0.1) is 5.21 Å². The van der Waals surface area contributed by atoms with Gasteiger partial charge in [-0.2, -0.15) is 4.73 Å². The number of carbonyl (C=O) groups excluding carboxylic acids is 2. The van der Waals surface area contributed by atoms with Gasteiger partial charge < -0.3 is 15.3 Å². The van der Waals surface area contributed by atoms with Gasteiger partial charge in [-0.05, 0) is 67.1 Å². The molecule has 0 radical (unpaired) electrons. The van der Waals surface area contributed by atoms with Crippen LogP contribution in [0.25, 0.3) is 0 Å². The molecule has 7 heteroatoms. The fraction of sp³-hybridized carbons (Fsp3) is 0.381. The molecule has 1 aliphatic carbocycles. The van der Waals surface area contributed by atoms with Gasteiger partial charge in [-0.15, -0.1) is 0 Å². The third kappa shape index (κ3) is 5.48. The first-order valence-electron chi connectivity index (χ1n) is 9.40. The molecule has 1 N–H and O–H groups in total. The van der Waals surface area contributed by atoms with Gasteiger partial charge in [0.05, 0.1) is 6.04 Å². The molecular formula is C21H24N2O4S. The lowest BCUT2D eigenvalue weighted by molar-refractivity contribution is -0.645. The summed E-state index contributed by atoms with van der Waals surface area (Å²) in [6.45, 7) is 1.59. The molecule has 1 heterocycles. The number of nitrogens with zero attached hydrogens (tertiary/aromatic N) is 1. The molecule has 2 aromatic rings. The highest BCUT2D eigenvalue weighted by Crippen LogP contribution is 2.24. The molecule has 0 saturated heterocycles. The third-order valence-corrected chi connectivity index (χ3v) is 5.73. The van der Waals surface area contributed by atoms with Crippen molar-refractivity contribution in [2.75, 3.05) is 12.4 Å². The van der Waals surface area contributed by atoms with E-state index in [-0.39, 0.29) is 24.3 Å². The summed E-state index contributed by atoms with van der Waals surface area (Å²) in [6.07, 6.45) is 6.02. The van der Waals surface area contributed by atoms with E-state index < -0.39 is 5.97 Å². The molecule has 1 aromatic heterocycles. The molecule has 0 aliphatic heterocycles. The van der Waals surface area contributed by atoms with Crippen molar-refractivity contribution in [3.05, 3.63) is 64.5 Å². The molecule has 0 spiro atoms. The Morgan fingerprint density at radius 3 is 2.79 bits per heavy atom. The first kappa shape index (κ1) is 20.2. The predicted octanol–water partition coefficient (Wildman–Crippen LogP) is 2.71. The molecule has 0 bridgehead atoms. The quantitative estimate of drug-likeness (QED) is 0.334. The Kier molecular flexibility index (Phi) is 6.92. The van der Waals surface area contributed by atoms with Crippen molar-refractivity contribution in [1.82, 2.24) is 5.32 Å². The highest BCUT2D eigenvalue weighted by atomic mass is 32.2. The van der Waals surface area contributed by atoms with E-state index >= 15 is 0 Å². The normalized spacial score (nSPS) is 14.0. The third-order valence-electron chi connectivity index (χ3n) is 4.74. The van der Waals surface area contributed by atoms with Gasteiger partial charge >= 0.3 is 5.97 Å². The second-order valence-electron chi connectivity index (χ2n) is 6.84. The lowest BCUT2D eigenvalue weighted by atomic mass is 9.89. The van der Waals surface area contributed by atoms with Crippen molar-refractivity contribution < 1.29 is 19.1 Å². The molecule has 0 fully saturated rings. The Labute approximate surface area is 168 Å². The van der Waals surface area contributed by atoms with Gasteiger partial charge in [-0.1, -0.05) is 18.2 Å². The SMILES string of the molecule is C[C@@H](NC(=O)COC(=O)CSc1cccc[n+]1[O-])c1ccc2c(c1)CCCC2. The number of carbonyl (C=O) groups is 2. The maximum Gasteiger partial charge on any atom is 0.317 e. The Hall–Kier alpha value is -2.54. The van der Waals surface area contributed by atoms with Crippen molar-refractivity contribution in [1.29, 1.82) is 0 Å². The average Bonchev–Trinajstić information content (AvgIpc) is 2.71. The highest BCUT2D eigenvalue weighted by Gasteiger charge is 2.16. The zero-order valence-electron chi connectivity index (χ0n) is 15.8. The Balaban J connectivity index is 1.43. The number of pyridine rings is 1.